The van der Waals surface area contributed by atoms with E-state index in [0.29, 0.717) is 6.61 Å². The van der Waals surface area contributed by atoms with Crippen molar-refractivity contribution in [3.8, 4) is 0 Å². The van der Waals surface area contributed by atoms with Gasteiger partial charge in [0.25, 0.3) is 0 Å². The highest BCUT2D eigenvalue weighted by Gasteiger charge is 2.08. The van der Waals surface area contributed by atoms with Gasteiger partial charge in [-0.2, -0.15) is 0 Å². The zero-order chi connectivity index (χ0) is 17.7. The van der Waals surface area contributed by atoms with Crippen LogP contribution in [0, 0.1) is 0 Å². The van der Waals surface area contributed by atoms with Gasteiger partial charge in [-0.3, -0.25) is 4.99 Å². The van der Waals surface area contributed by atoms with Crippen molar-refractivity contribution in [2.45, 2.75) is 45.3 Å². The predicted molar refractivity (Wildman–Crippen MR) is 120 cm³/mol. The molecule has 148 valence electrons. The third-order valence-electron chi connectivity index (χ3n) is 4.66. The topological polar surface area (TPSA) is 48.9 Å². The molecule has 6 heteroatoms. The first-order valence-corrected chi connectivity index (χ1v) is 9.55. The monoisotopic (exact) mass is 474 g/mol. The largest absolute Gasteiger partial charge is 0.380 e. The molecule has 0 bridgehead atoms. The summed E-state index contributed by atoms with van der Waals surface area (Å²) in [4.78, 5) is 6.91. The summed E-state index contributed by atoms with van der Waals surface area (Å²) in [5.74, 6) is 0.872. The maximum atomic E-state index is 5.14. The standard InChI is InChI=1S/C20H34N4O.HI/c1-21-20(22-12-7-15-24-13-5-3-4-6-14-24)23-16-18-8-10-19(11-9-18)17-25-2;/h8-11H,3-7,12-17H2,1-2H3,(H2,21,22,23);1H. The summed E-state index contributed by atoms with van der Waals surface area (Å²) >= 11 is 0. The van der Waals surface area contributed by atoms with E-state index >= 15 is 0 Å². The van der Waals surface area contributed by atoms with Gasteiger partial charge in [0.2, 0.25) is 0 Å². The average molecular weight is 474 g/mol. The molecule has 1 aromatic carbocycles. The molecule has 1 saturated heterocycles. The van der Waals surface area contributed by atoms with Gasteiger partial charge >= 0.3 is 0 Å². The molecule has 0 saturated carbocycles. The first kappa shape index (κ1) is 23.2. The lowest BCUT2D eigenvalue weighted by Gasteiger charge is -2.20. The van der Waals surface area contributed by atoms with Crippen LogP contribution >= 0.6 is 24.0 Å². The van der Waals surface area contributed by atoms with E-state index in [9.17, 15) is 0 Å². The molecule has 1 fully saturated rings. The number of ether oxygens (including phenoxy) is 1. The van der Waals surface area contributed by atoms with E-state index in [1.165, 1.54) is 56.4 Å². The molecule has 0 amide bonds. The lowest BCUT2D eigenvalue weighted by Crippen LogP contribution is -2.38. The molecule has 5 nitrogen and oxygen atoms in total. The second-order valence-corrected chi connectivity index (χ2v) is 6.71. The Morgan fingerprint density at radius 1 is 1.04 bits per heavy atom. The van der Waals surface area contributed by atoms with Gasteiger partial charge in [0.1, 0.15) is 0 Å². The van der Waals surface area contributed by atoms with Crippen LogP contribution < -0.4 is 10.6 Å². The van der Waals surface area contributed by atoms with Gasteiger partial charge in [-0.15, -0.1) is 24.0 Å². The lowest BCUT2D eigenvalue weighted by atomic mass is 10.1. The SMILES string of the molecule is CN=C(NCCCN1CCCCCC1)NCc1ccc(COC)cc1.I. The van der Waals surface area contributed by atoms with E-state index in [1.807, 2.05) is 7.05 Å². The lowest BCUT2D eigenvalue weighted by molar-refractivity contribution is 0.185. The number of halogens is 1. The number of hydrogen-bond acceptors (Lipinski definition) is 3. The van der Waals surface area contributed by atoms with Gasteiger partial charge < -0.3 is 20.3 Å². The summed E-state index contributed by atoms with van der Waals surface area (Å²) in [5.41, 5.74) is 2.44. The Morgan fingerprint density at radius 3 is 2.31 bits per heavy atom. The summed E-state index contributed by atoms with van der Waals surface area (Å²) in [6.45, 7) is 6.12. The minimum absolute atomic E-state index is 0. The van der Waals surface area contributed by atoms with Crippen LogP contribution in [0.1, 0.15) is 43.2 Å². The van der Waals surface area contributed by atoms with Crippen LogP contribution in [0.2, 0.25) is 0 Å². The van der Waals surface area contributed by atoms with Crippen LogP contribution in [0.5, 0.6) is 0 Å². The second-order valence-electron chi connectivity index (χ2n) is 6.71. The summed E-state index contributed by atoms with van der Waals surface area (Å²) in [6, 6.07) is 8.48. The molecule has 0 aliphatic carbocycles. The Hall–Kier alpha value is -0.860. The summed E-state index contributed by atoms with van der Waals surface area (Å²) in [5, 5.41) is 6.80. The van der Waals surface area contributed by atoms with E-state index in [4.69, 9.17) is 4.74 Å². The van der Waals surface area contributed by atoms with Crippen molar-refractivity contribution in [2.75, 3.05) is 40.3 Å². The van der Waals surface area contributed by atoms with Gasteiger partial charge in [-0.05, 0) is 50.0 Å². The number of methoxy groups -OCH3 is 1. The molecule has 1 aromatic rings. The number of nitrogens with one attached hydrogen (secondary N) is 2. The van der Waals surface area contributed by atoms with E-state index in [1.54, 1.807) is 7.11 Å². The van der Waals surface area contributed by atoms with Crippen molar-refractivity contribution in [1.82, 2.24) is 15.5 Å². The minimum atomic E-state index is 0. The fourth-order valence-corrected chi connectivity index (χ4v) is 3.20. The molecule has 0 spiro atoms. The smallest absolute Gasteiger partial charge is 0.191 e. The molecule has 0 unspecified atom stereocenters. The first-order chi connectivity index (χ1) is 12.3. The van der Waals surface area contributed by atoms with Crippen LogP contribution in [0.25, 0.3) is 0 Å². The third-order valence-corrected chi connectivity index (χ3v) is 4.66. The number of hydrogen-bond donors (Lipinski definition) is 2. The van der Waals surface area contributed by atoms with Crippen LogP contribution in [-0.2, 0) is 17.9 Å². The molecule has 2 N–H and O–H groups in total. The Bertz CT molecular complexity index is 499. The van der Waals surface area contributed by atoms with Crippen molar-refractivity contribution in [3.05, 3.63) is 35.4 Å². The molecule has 1 aliphatic heterocycles. The maximum Gasteiger partial charge on any atom is 0.191 e. The van der Waals surface area contributed by atoms with Gasteiger partial charge in [-0.1, -0.05) is 37.1 Å². The van der Waals surface area contributed by atoms with Gasteiger partial charge in [0, 0.05) is 27.2 Å². The minimum Gasteiger partial charge on any atom is -0.380 e. The number of guanidine groups is 1. The Morgan fingerprint density at radius 2 is 1.69 bits per heavy atom. The number of nitrogens with zero attached hydrogens (tertiary/aromatic N) is 2. The second kappa shape index (κ2) is 14.2. The highest BCUT2D eigenvalue weighted by molar-refractivity contribution is 14.0. The fraction of sp³-hybridized carbons (Fsp3) is 0.650. The Kier molecular flexibility index (Phi) is 12.7. The molecule has 2 rings (SSSR count). The van der Waals surface area contributed by atoms with Crippen molar-refractivity contribution >= 4 is 29.9 Å². The highest BCUT2D eigenvalue weighted by Crippen LogP contribution is 2.09. The van der Waals surface area contributed by atoms with E-state index in [2.05, 4.69) is 44.8 Å². The normalized spacial score (nSPS) is 15.8. The third kappa shape index (κ3) is 9.19. The molecule has 1 heterocycles. The first-order valence-electron chi connectivity index (χ1n) is 9.55. The van der Waals surface area contributed by atoms with E-state index in [-0.39, 0.29) is 24.0 Å². The number of aliphatic imine (C=N–C) groups is 1. The number of rotatable bonds is 8. The van der Waals surface area contributed by atoms with Crippen molar-refractivity contribution < 1.29 is 4.74 Å². The van der Waals surface area contributed by atoms with Crippen molar-refractivity contribution in [1.29, 1.82) is 0 Å². The van der Waals surface area contributed by atoms with Gasteiger partial charge in [0.05, 0.1) is 6.61 Å². The molecule has 1 aliphatic rings. The van der Waals surface area contributed by atoms with E-state index < -0.39 is 0 Å². The van der Waals surface area contributed by atoms with Crippen LogP contribution in [0.3, 0.4) is 0 Å². The molecule has 26 heavy (non-hydrogen) atoms. The summed E-state index contributed by atoms with van der Waals surface area (Å²) in [6.07, 6.45) is 6.68. The quantitative estimate of drug-likeness (QED) is 0.263. The van der Waals surface area contributed by atoms with Gasteiger partial charge in [-0.25, -0.2) is 0 Å². The molecule has 0 radical (unpaired) electrons. The van der Waals surface area contributed by atoms with Crippen molar-refractivity contribution in [3.63, 3.8) is 0 Å². The van der Waals surface area contributed by atoms with Crippen molar-refractivity contribution in [2.24, 2.45) is 4.99 Å². The number of likely N-dealkylation sites (tertiary alicyclic amines) is 1. The molecular formula is C20H35IN4O. The maximum absolute atomic E-state index is 5.14. The predicted octanol–water partition coefficient (Wildman–Crippen LogP) is 3.38. The molecular weight excluding hydrogens is 439 g/mol. The molecule has 0 atom stereocenters. The Balaban J connectivity index is 0.00000338. The van der Waals surface area contributed by atoms with Crippen LogP contribution in [-0.4, -0.2) is 51.2 Å². The van der Waals surface area contributed by atoms with Crippen LogP contribution in [0.15, 0.2) is 29.3 Å². The fourth-order valence-electron chi connectivity index (χ4n) is 3.20. The summed E-state index contributed by atoms with van der Waals surface area (Å²) < 4.78 is 5.14. The number of benzene rings is 1. The van der Waals surface area contributed by atoms with Gasteiger partial charge in [0.15, 0.2) is 5.96 Å². The zero-order valence-electron chi connectivity index (χ0n) is 16.3. The van der Waals surface area contributed by atoms with E-state index in [0.717, 1.165) is 25.5 Å². The molecule has 0 aromatic heterocycles. The van der Waals surface area contributed by atoms with Crippen LogP contribution in [0.4, 0.5) is 0 Å². The summed E-state index contributed by atoms with van der Waals surface area (Å²) in [7, 11) is 3.55. The highest BCUT2D eigenvalue weighted by atomic mass is 127. The Labute approximate surface area is 176 Å². The average Bonchev–Trinajstić information content (AvgIpc) is 2.91. The zero-order valence-corrected chi connectivity index (χ0v) is 18.6.